The van der Waals surface area contributed by atoms with Crippen molar-refractivity contribution in [1.82, 2.24) is 0 Å². The van der Waals surface area contributed by atoms with Gasteiger partial charge in [0.05, 0.1) is 0 Å². The molecule has 0 aromatic carbocycles. The van der Waals surface area contributed by atoms with Crippen LogP contribution in [0.2, 0.25) is 0 Å². The minimum atomic E-state index is 0.110. The molecule has 0 N–H and O–H groups in total. The van der Waals surface area contributed by atoms with Crippen molar-refractivity contribution in [2.45, 2.75) is 40.0 Å². The minimum Gasteiger partial charge on any atom is -0.294 e. The van der Waals surface area contributed by atoms with Crippen LogP contribution in [0.5, 0.6) is 0 Å². The quantitative estimate of drug-likeness (QED) is 0.563. The van der Waals surface area contributed by atoms with Crippen molar-refractivity contribution in [3.8, 4) is 0 Å². The second-order valence-corrected chi connectivity index (χ2v) is 4.57. The second-order valence-electron chi connectivity index (χ2n) is 4.57. The van der Waals surface area contributed by atoms with Crippen LogP contribution in [0.15, 0.2) is 23.8 Å². The molecule has 0 aliphatic heterocycles. The molecule has 0 heterocycles. The smallest absolute Gasteiger partial charge is 0.163 e. The van der Waals surface area contributed by atoms with Gasteiger partial charge in [-0.25, -0.2) is 0 Å². The predicted octanol–water partition coefficient (Wildman–Crippen LogP) is 3.27. The van der Waals surface area contributed by atoms with Gasteiger partial charge in [-0.15, -0.1) is 0 Å². The number of rotatable bonds is 1. The fourth-order valence-corrected chi connectivity index (χ4v) is 1.92. The van der Waals surface area contributed by atoms with Crippen LogP contribution in [0.4, 0.5) is 0 Å². The monoisotopic (exact) mass is 178 g/mol. The van der Waals surface area contributed by atoms with Crippen LogP contribution < -0.4 is 0 Å². The maximum atomic E-state index is 11.7. The van der Waals surface area contributed by atoms with Crippen LogP contribution >= 0.6 is 0 Å². The summed E-state index contributed by atoms with van der Waals surface area (Å²) in [7, 11) is 0. The Morgan fingerprint density at radius 3 is 2.54 bits per heavy atom. The normalized spacial score (nSPS) is 25.3. The maximum absolute atomic E-state index is 11.7. The lowest BCUT2D eigenvalue weighted by atomic mass is 9.72. The predicted molar refractivity (Wildman–Crippen MR) is 55.5 cm³/mol. The van der Waals surface area contributed by atoms with E-state index in [0.29, 0.717) is 6.42 Å². The maximum Gasteiger partial charge on any atom is 0.163 e. The van der Waals surface area contributed by atoms with Crippen LogP contribution in [0.3, 0.4) is 0 Å². The Morgan fingerprint density at radius 1 is 1.46 bits per heavy atom. The molecule has 0 aromatic heterocycles. The first-order valence-electron chi connectivity index (χ1n) is 4.88. The summed E-state index contributed by atoms with van der Waals surface area (Å²) in [5, 5.41) is 0. The van der Waals surface area contributed by atoms with E-state index in [1.165, 1.54) is 0 Å². The van der Waals surface area contributed by atoms with E-state index in [2.05, 4.69) is 20.4 Å². The third kappa shape index (κ3) is 2.30. The Morgan fingerprint density at radius 2 is 2.08 bits per heavy atom. The molecular formula is C12H18O. The lowest BCUT2D eigenvalue weighted by molar-refractivity contribution is -0.118. The topological polar surface area (TPSA) is 17.1 Å². The molecule has 1 saturated carbocycles. The molecule has 1 rings (SSSR count). The molecular weight excluding hydrogens is 160 g/mol. The standard InChI is InChI=1S/C12H18O/c1-5-6-10-9(2)7-12(3,4)8-11(10)13/h6H,2,5,7-8H2,1,3-4H3/b10-6+. The summed E-state index contributed by atoms with van der Waals surface area (Å²) in [6.45, 7) is 10.3. The summed E-state index contributed by atoms with van der Waals surface area (Å²) >= 11 is 0. The van der Waals surface area contributed by atoms with Gasteiger partial charge in [-0.3, -0.25) is 4.79 Å². The van der Waals surface area contributed by atoms with Crippen LogP contribution in [0.25, 0.3) is 0 Å². The molecule has 1 heteroatoms. The van der Waals surface area contributed by atoms with E-state index in [0.717, 1.165) is 24.0 Å². The number of hydrogen-bond donors (Lipinski definition) is 0. The number of carbonyl (C=O) groups excluding carboxylic acids is 1. The van der Waals surface area contributed by atoms with Crippen molar-refractivity contribution in [2.75, 3.05) is 0 Å². The molecule has 72 valence electrons. The van der Waals surface area contributed by atoms with Crippen molar-refractivity contribution < 1.29 is 4.79 Å². The number of carbonyl (C=O) groups is 1. The van der Waals surface area contributed by atoms with Gasteiger partial charge in [0.25, 0.3) is 0 Å². The van der Waals surface area contributed by atoms with Crippen molar-refractivity contribution in [1.29, 1.82) is 0 Å². The summed E-state index contributed by atoms with van der Waals surface area (Å²) in [4.78, 5) is 11.7. The van der Waals surface area contributed by atoms with Gasteiger partial charge in [0.1, 0.15) is 0 Å². The zero-order chi connectivity index (χ0) is 10.1. The van der Waals surface area contributed by atoms with Crippen LogP contribution in [-0.4, -0.2) is 5.78 Å². The molecule has 0 aromatic rings. The third-order valence-corrected chi connectivity index (χ3v) is 2.42. The molecule has 1 aliphatic rings. The molecule has 0 atom stereocenters. The van der Waals surface area contributed by atoms with Crippen LogP contribution in [-0.2, 0) is 4.79 Å². The fourth-order valence-electron chi connectivity index (χ4n) is 1.92. The van der Waals surface area contributed by atoms with Gasteiger partial charge in [-0.05, 0) is 23.8 Å². The summed E-state index contributed by atoms with van der Waals surface area (Å²) in [5.74, 6) is 0.267. The Labute approximate surface area is 80.5 Å². The summed E-state index contributed by atoms with van der Waals surface area (Å²) < 4.78 is 0. The highest BCUT2D eigenvalue weighted by Gasteiger charge is 2.31. The SMILES string of the molecule is C=C1CC(C)(C)CC(=O)/C1=C/CC. The highest BCUT2D eigenvalue weighted by molar-refractivity contribution is 6.00. The molecule has 0 bridgehead atoms. The van der Waals surface area contributed by atoms with Gasteiger partial charge < -0.3 is 0 Å². The second kappa shape index (κ2) is 3.49. The molecule has 1 nitrogen and oxygen atoms in total. The van der Waals surface area contributed by atoms with E-state index in [-0.39, 0.29) is 11.2 Å². The highest BCUT2D eigenvalue weighted by atomic mass is 16.1. The van der Waals surface area contributed by atoms with Gasteiger partial charge in [0.15, 0.2) is 5.78 Å². The zero-order valence-corrected chi connectivity index (χ0v) is 8.81. The van der Waals surface area contributed by atoms with Gasteiger partial charge in [0.2, 0.25) is 0 Å². The number of ketones is 1. The van der Waals surface area contributed by atoms with Crippen molar-refractivity contribution >= 4 is 5.78 Å². The molecule has 0 unspecified atom stereocenters. The Bertz CT molecular complexity index is 247. The molecule has 1 fully saturated rings. The molecule has 0 radical (unpaired) electrons. The van der Waals surface area contributed by atoms with Gasteiger partial charge in [-0.2, -0.15) is 0 Å². The Hall–Kier alpha value is -0.850. The lowest BCUT2D eigenvalue weighted by Crippen LogP contribution is -2.25. The zero-order valence-electron chi connectivity index (χ0n) is 8.81. The van der Waals surface area contributed by atoms with Crippen LogP contribution in [0, 0.1) is 5.41 Å². The molecule has 0 saturated heterocycles. The average Bonchev–Trinajstić information content (AvgIpc) is 1.94. The first-order chi connectivity index (χ1) is 5.96. The molecule has 0 spiro atoms. The number of hydrogen-bond acceptors (Lipinski definition) is 1. The van der Waals surface area contributed by atoms with Crippen molar-refractivity contribution in [2.24, 2.45) is 5.41 Å². The Kier molecular flexibility index (Phi) is 2.74. The van der Waals surface area contributed by atoms with Gasteiger partial charge in [0, 0.05) is 12.0 Å². The highest BCUT2D eigenvalue weighted by Crippen LogP contribution is 2.38. The molecule has 1 aliphatic carbocycles. The van der Waals surface area contributed by atoms with E-state index in [1.807, 2.05) is 13.0 Å². The first kappa shape index (κ1) is 10.2. The molecule has 0 amide bonds. The summed E-state index contributed by atoms with van der Waals surface area (Å²) in [5.41, 5.74) is 2.00. The van der Waals surface area contributed by atoms with E-state index in [4.69, 9.17) is 0 Å². The number of Topliss-reactive ketones (excluding diaryl/α,β-unsaturated/α-hetero) is 1. The largest absolute Gasteiger partial charge is 0.294 e. The molecule has 13 heavy (non-hydrogen) atoms. The minimum absolute atomic E-state index is 0.110. The van der Waals surface area contributed by atoms with E-state index in [1.54, 1.807) is 0 Å². The summed E-state index contributed by atoms with van der Waals surface area (Å²) in [6, 6.07) is 0. The van der Waals surface area contributed by atoms with E-state index in [9.17, 15) is 4.79 Å². The van der Waals surface area contributed by atoms with E-state index >= 15 is 0 Å². The summed E-state index contributed by atoms with van der Waals surface area (Å²) in [6.07, 6.45) is 4.53. The van der Waals surface area contributed by atoms with Crippen LogP contribution in [0.1, 0.15) is 40.0 Å². The Balaban J connectivity index is 2.89. The fraction of sp³-hybridized carbons (Fsp3) is 0.583. The first-order valence-corrected chi connectivity index (χ1v) is 4.88. The number of allylic oxidation sites excluding steroid dienone is 3. The van der Waals surface area contributed by atoms with Gasteiger partial charge in [-0.1, -0.05) is 33.4 Å². The average molecular weight is 178 g/mol. The lowest BCUT2D eigenvalue weighted by Gasteiger charge is -2.31. The van der Waals surface area contributed by atoms with Crippen molar-refractivity contribution in [3.63, 3.8) is 0 Å². The van der Waals surface area contributed by atoms with Gasteiger partial charge >= 0.3 is 0 Å². The van der Waals surface area contributed by atoms with Crippen molar-refractivity contribution in [3.05, 3.63) is 23.8 Å². The van der Waals surface area contributed by atoms with E-state index < -0.39 is 0 Å². The third-order valence-electron chi connectivity index (χ3n) is 2.42.